The Morgan fingerprint density at radius 1 is 1.08 bits per heavy atom. The molecule has 196 valence electrons. The first-order chi connectivity index (χ1) is 16.9. The van der Waals surface area contributed by atoms with Gasteiger partial charge in [0.2, 0.25) is 0 Å². The lowest BCUT2D eigenvalue weighted by Crippen LogP contribution is -2.16. The van der Waals surface area contributed by atoms with Gasteiger partial charge in [-0.15, -0.1) is 5.10 Å². The molecule has 0 saturated carbocycles. The topological polar surface area (TPSA) is 89.3 Å². The standard InChI is InChI=1S/C21H22Cl2N4O3.C6H14/c1-11-19(20(29)24-15-8-12(21(2,3)4)6-7-17(15)28)25-26-27(11)16-9-13(22)14(23)10-18(16)30-5;1-3-5-6-4-2/h6-10,28H,1-5H3,(H,24,29);3-6H2,1-2H3. The van der Waals surface area contributed by atoms with Gasteiger partial charge in [-0.05, 0) is 36.1 Å². The van der Waals surface area contributed by atoms with Gasteiger partial charge in [0.1, 0.15) is 17.2 Å². The minimum Gasteiger partial charge on any atom is -0.506 e. The Balaban J connectivity index is 0.000000678. The summed E-state index contributed by atoms with van der Waals surface area (Å²) in [4.78, 5) is 12.9. The van der Waals surface area contributed by atoms with Crippen molar-refractivity contribution in [1.82, 2.24) is 15.0 Å². The van der Waals surface area contributed by atoms with Gasteiger partial charge in [-0.25, -0.2) is 4.68 Å². The van der Waals surface area contributed by atoms with E-state index in [1.54, 1.807) is 31.2 Å². The lowest BCUT2D eigenvalue weighted by molar-refractivity contribution is 0.102. The number of ether oxygens (including phenoxy) is 1. The predicted molar refractivity (Wildman–Crippen MR) is 147 cm³/mol. The maximum absolute atomic E-state index is 12.9. The first kappa shape index (κ1) is 29.5. The van der Waals surface area contributed by atoms with Crippen LogP contribution < -0.4 is 10.1 Å². The Morgan fingerprint density at radius 3 is 2.25 bits per heavy atom. The highest BCUT2D eigenvalue weighted by atomic mass is 35.5. The second-order valence-electron chi connectivity index (χ2n) is 9.52. The fraction of sp³-hybridized carbons (Fsp3) is 0.444. The number of nitrogens with zero attached hydrogens (tertiary/aromatic N) is 3. The molecule has 36 heavy (non-hydrogen) atoms. The molecule has 0 aliphatic carbocycles. The number of nitrogens with one attached hydrogen (secondary N) is 1. The lowest BCUT2D eigenvalue weighted by Gasteiger charge is -2.20. The Labute approximate surface area is 223 Å². The largest absolute Gasteiger partial charge is 0.506 e. The van der Waals surface area contributed by atoms with Gasteiger partial charge in [0.05, 0.1) is 28.5 Å². The number of hydrogen-bond acceptors (Lipinski definition) is 5. The average Bonchev–Trinajstić information content (AvgIpc) is 3.21. The van der Waals surface area contributed by atoms with Crippen molar-refractivity contribution >= 4 is 34.8 Å². The molecule has 9 heteroatoms. The number of methoxy groups -OCH3 is 1. The van der Waals surface area contributed by atoms with Crippen molar-refractivity contribution in [3.05, 3.63) is 57.3 Å². The van der Waals surface area contributed by atoms with E-state index in [9.17, 15) is 9.90 Å². The highest BCUT2D eigenvalue weighted by Crippen LogP contribution is 2.34. The molecule has 0 aliphatic heterocycles. The minimum atomic E-state index is -0.501. The molecule has 0 spiro atoms. The van der Waals surface area contributed by atoms with E-state index < -0.39 is 5.91 Å². The Kier molecular flexibility index (Phi) is 10.6. The molecule has 0 aliphatic rings. The molecule has 1 aromatic heterocycles. The monoisotopic (exact) mass is 534 g/mol. The molecule has 3 rings (SSSR count). The van der Waals surface area contributed by atoms with Crippen LogP contribution in [0.4, 0.5) is 5.69 Å². The van der Waals surface area contributed by atoms with E-state index in [4.69, 9.17) is 27.9 Å². The van der Waals surface area contributed by atoms with Gasteiger partial charge < -0.3 is 15.2 Å². The van der Waals surface area contributed by atoms with Gasteiger partial charge in [-0.2, -0.15) is 0 Å². The van der Waals surface area contributed by atoms with Crippen LogP contribution in [-0.4, -0.2) is 33.1 Å². The Morgan fingerprint density at radius 2 is 1.69 bits per heavy atom. The quantitative estimate of drug-likeness (QED) is 0.239. The van der Waals surface area contributed by atoms with E-state index in [-0.39, 0.29) is 16.9 Å². The lowest BCUT2D eigenvalue weighted by atomic mass is 9.87. The molecule has 7 nitrogen and oxygen atoms in total. The molecule has 3 aromatic rings. The van der Waals surface area contributed by atoms with Crippen LogP contribution in [0.25, 0.3) is 5.69 Å². The van der Waals surface area contributed by atoms with E-state index in [0.717, 1.165) is 5.56 Å². The number of anilines is 1. The molecule has 0 saturated heterocycles. The zero-order valence-electron chi connectivity index (χ0n) is 22.1. The van der Waals surface area contributed by atoms with Crippen molar-refractivity contribution in [3.8, 4) is 17.2 Å². The van der Waals surface area contributed by atoms with E-state index in [2.05, 4.69) is 29.5 Å². The second kappa shape index (κ2) is 13.0. The summed E-state index contributed by atoms with van der Waals surface area (Å²) in [6.07, 6.45) is 5.54. The number of phenols is 1. The smallest absolute Gasteiger partial charge is 0.278 e. The van der Waals surface area contributed by atoms with Gasteiger partial charge >= 0.3 is 0 Å². The third-order valence-corrected chi connectivity index (χ3v) is 6.35. The van der Waals surface area contributed by atoms with Crippen molar-refractivity contribution in [1.29, 1.82) is 0 Å². The fourth-order valence-electron chi connectivity index (χ4n) is 3.40. The van der Waals surface area contributed by atoms with E-state index >= 15 is 0 Å². The number of unbranched alkanes of at least 4 members (excludes halogenated alkanes) is 3. The van der Waals surface area contributed by atoms with E-state index in [1.165, 1.54) is 37.5 Å². The van der Waals surface area contributed by atoms with Gasteiger partial charge in [0.15, 0.2) is 5.69 Å². The molecule has 2 N–H and O–H groups in total. The summed E-state index contributed by atoms with van der Waals surface area (Å²) >= 11 is 12.2. The van der Waals surface area contributed by atoms with Gasteiger partial charge in [-0.3, -0.25) is 4.79 Å². The summed E-state index contributed by atoms with van der Waals surface area (Å²) in [7, 11) is 1.49. The number of aromatic nitrogens is 3. The molecular formula is C27H36Cl2N4O3. The fourth-order valence-corrected chi connectivity index (χ4v) is 3.71. The zero-order valence-corrected chi connectivity index (χ0v) is 23.6. The van der Waals surface area contributed by atoms with Crippen molar-refractivity contribution in [2.75, 3.05) is 12.4 Å². The van der Waals surface area contributed by atoms with Crippen molar-refractivity contribution < 1.29 is 14.6 Å². The number of carbonyl (C=O) groups excluding carboxylic acids is 1. The number of phenolic OH excluding ortho intramolecular Hbond substituents is 1. The van der Waals surface area contributed by atoms with E-state index in [0.29, 0.717) is 32.9 Å². The number of benzene rings is 2. The van der Waals surface area contributed by atoms with Crippen LogP contribution >= 0.6 is 23.2 Å². The summed E-state index contributed by atoms with van der Waals surface area (Å²) in [5.74, 6) is -0.105. The van der Waals surface area contributed by atoms with Gasteiger partial charge in [-0.1, -0.05) is 94.8 Å². The number of amides is 1. The molecule has 1 amide bonds. The molecule has 0 bridgehead atoms. The SMILES string of the molecule is CCCCCC.COc1cc(Cl)c(Cl)cc1-n1nnc(C(=O)Nc2cc(C(C)(C)C)ccc2O)c1C. The number of aromatic hydroxyl groups is 1. The zero-order chi connectivity index (χ0) is 27.0. The van der Waals surface area contributed by atoms with Crippen LogP contribution in [-0.2, 0) is 5.41 Å². The van der Waals surface area contributed by atoms with Crippen molar-refractivity contribution in [2.24, 2.45) is 0 Å². The normalized spacial score (nSPS) is 11.0. The predicted octanol–water partition coefficient (Wildman–Crippen LogP) is 7.73. The van der Waals surface area contributed by atoms with Crippen molar-refractivity contribution in [3.63, 3.8) is 0 Å². The summed E-state index contributed by atoms with van der Waals surface area (Å²) in [6.45, 7) is 12.3. The molecule has 0 fully saturated rings. The molecule has 0 atom stereocenters. The van der Waals surface area contributed by atoms with Crippen molar-refractivity contribution in [2.45, 2.75) is 72.6 Å². The number of halogens is 2. The number of hydrogen-bond donors (Lipinski definition) is 2. The van der Waals surface area contributed by atoms with Crippen LogP contribution in [0.1, 0.15) is 82.0 Å². The molecular weight excluding hydrogens is 499 g/mol. The first-order valence-electron chi connectivity index (χ1n) is 12.0. The maximum Gasteiger partial charge on any atom is 0.278 e. The Hall–Kier alpha value is -2.77. The third kappa shape index (κ3) is 7.37. The molecule has 1 heterocycles. The minimum absolute atomic E-state index is 0.0347. The van der Waals surface area contributed by atoms with Crippen LogP contribution in [0.2, 0.25) is 10.0 Å². The van der Waals surface area contributed by atoms with Crippen LogP contribution in [0, 0.1) is 6.92 Å². The molecule has 0 radical (unpaired) electrons. The third-order valence-electron chi connectivity index (χ3n) is 5.63. The summed E-state index contributed by atoms with van der Waals surface area (Å²) in [6, 6.07) is 8.28. The van der Waals surface area contributed by atoms with E-state index in [1.807, 2.05) is 26.8 Å². The number of carbonyl (C=O) groups is 1. The van der Waals surface area contributed by atoms with Crippen LogP contribution in [0.5, 0.6) is 11.5 Å². The second-order valence-corrected chi connectivity index (χ2v) is 10.3. The van der Waals surface area contributed by atoms with Crippen LogP contribution in [0.3, 0.4) is 0 Å². The molecule has 0 unspecified atom stereocenters. The first-order valence-corrected chi connectivity index (χ1v) is 12.8. The number of rotatable bonds is 7. The highest BCUT2D eigenvalue weighted by molar-refractivity contribution is 6.42. The summed E-state index contributed by atoms with van der Waals surface area (Å²) < 4.78 is 6.80. The highest BCUT2D eigenvalue weighted by Gasteiger charge is 2.22. The summed E-state index contributed by atoms with van der Waals surface area (Å²) in [5.41, 5.74) is 2.19. The van der Waals surface area contributed by atoms with Gasteiger partial charge in [0, 0.05) is 6.07 Å². The summed E-state index contributed by atoms with van der Waals surface area (Å²) in [5, 5.41) is 21.6. The average molecular weight is 536 g/mol. The van der Waals surface area contributed by atoms with Gasteiger partial charge in [0.25, 0.3) is 5.91 Å². The molecule has 2 aromatic carbocycles. The maximum atomic E-state index is 12.9. The van der Waals surface area contributed by atoms with Crippen LogP contribution in [0.15, 0.2) is 30.3 Å². The Bertz CT molecular complexity index is 1180.